The Hall–Kier alpha value is -1.33. The molecule has 0 unspecified atom stereocenters. The molecule has 1 rings (SSSR count). The molecule has 3 N–H and O–H groups in total. The molecule has 1 aromatic heterocycles. The third-order valence-electron chi connectivity index (χ3n) is 1.66. The number of nitrogens with two attached hydrogens (primary N) is 1. The molecular weight excluding hydrogens is 186 g/mol. The van der Waals surface area contributed by atoms with E-state index in [-0.39, 0.29) is 19.2 Å². The lowest BCUT2D eigenvalue weighted by Gasteiger charge is -2.03. The number of carbonyl (C=O) groups is 1. The summed E-state index contributed by atoms with van der Waals surface area (Å²) in [5, 5.41) is 8.75. The molecule has 0 aliphatic heterocycles. The first-order chi connectivity index (χ1) is 6.63. The fourth-order valence-electron chi connectivity index (χ4n) is 0.934. The van der Waals surface area contributed by atoms with Crippen molar-refractivity contribution in [2.75, 3.05) is 6.61 Å². The van der Waals surface area contributed by atoms with Gasteiger partial charge in [-0.25, -0.2) is 0 Å². The van der Waals surface area contributed by atoms with Gasteiger partial charge in [0.25, 0.3) is 0 Å². The van der Waals surface area contributed by atoms with Crippen LogP contribution in [0, 0.1) is 0 Å². The van der Waals surface area contributed by atoms with Gasteiger partial charge < -0.3 is 20.0 Å². The zero-order valence-electron chi connectivity index (χ0n) is 7.90. The van der Waals surface area contributed by atoms with Gasteiger partial charge in [0.05, 0.1) is 12.6 Å². The summed E-state index contributed by atoms with van der Waals surface area (Å²) in [4.78, 5) is 10.5. The van der Waals surface area contributed by atoms with Gasteiger partial charge in [-0.15, -0.1) is 0 Å². The van der Waals surface area contributed by atoms with Crippen LogP contribution in [-0.2, 0) is 16.1 Å². The second-order valence-corrected chi connectivity index (χ2v) is 2.87. The summed E-state index contributed by atoms with van der Waals surface area (Å²) in [6.45, 7) is 1.23. The predicted molar refractivity (Wildman–Crippen MR) is 48.2 cm³/mol. The maximum Gasteiger partial charge on any atom is 0.303 e. The Morgan fingerprint density at radius 3 is 3.00 bits per heavy atom. The normalized spacial score (nSPS) is 12.5. The van der Waals surface area contributed by atoms with Crippen LogP contribution in [0.15, 0.2) is 16.5 Å². The lowest BCUT2D eigenvalue weighted by molar-refractivity contribution is -0.142. The maximum absolute atomic E-state index is 10.5. The van der Waals surface area contributed by atoms with Crippen LogP contribution in [0.3, 0.4) is 0 Å². The summed E-state index contributed by atoms with van der Waals surface area (Å²) in [6.07, 6.45) is 0. The molecule has 0 amide bonds. The van der Waals surface area contributed by atoms with E-state index in [4.69, 9.17) is 20.0 Å². The Morgan fingerprint density at radius 2 is 2.43 bits per heavy atom. The van der Waals surface area contributed by atoms with Crippen LogP contribution >= 0.6 is 0 Å². The molecule has 5 nitrogen and oxygen atoms in total. The molecule has 0 bridgehead atoms. The van der Waals surface area contributed by atoms with Gasteiger partial charge in [0.2, 0.25) is 0 Å². The Bertz CT molecular complexity index is 308. The molecule has 0 saturated carbocycles. The van der Waals surface area contributed by atoms with Gasteiger partial charge in [-0.3, -0.25) is 4.79 Å². The number of aliphatic hydroxyl groups excluding tert-OH is 1. The van der Waals surface area contributed by atoms with Gasteiger partial charge >= 0.3 is 5.97 Å². The summed E-state index contributed by atoms with van der Waals surface area (Å²) in [7, 11) is 0. The predicted octanol–water partition coefficient (Wildman–Crippen LogP) is 0.335. The summed E-state index contributed by atoms with van der Waals surface area (Å²) in [6, 6.07) is 2.79. The molecule has 5 heteroatoms. The van der Waals surface area contributed by atoms with Crippen molar-refractivity contribution in [3.8, 4) is 0 Å². The average Bonchev–Trinajstić information content (AvgIpc) is 2.62. The van der Waals surface area contributed by atoms with Crippen molar-refractivity contribution < 1.29 is 19.1 Å². The number of rotatable bonds is 4. The quantitative estimate of drug-likeness (QED) is 0.683. The molecule has 0 fully saturated rings. The molecule has 0 aliphatic carbocycles. The fourth-order valence-corrected chi connectivity index (χ4v) is 0.934. The summed E-state index contributed by atoms with van der Waals surface area (Å²) in [5.41, 5.74) is 5.51. The van der Waals surface area contributed by atoms with E-state index in [2.05, 4.69) is 0 Å². The first-order valence-electron chi connectivity index (χ1n) is 4.22. The minimum absolute atomic E-state index is 0.0908. The standard InChI is InChI=1S/C9H13NO4/c1-6(12)13-5-7-2-3-9(14-7)8(10)4-11/h2-3,8,11H,4-5,10H2,1H3/t8-/m1/s1. The number of carbonyl (C=O) groups excluding carboxylic acids is 1. The molecule has 0 spiro atoms. The van der Waals surface area contributed by atoms with Crippen molar-refractivity contribution >= 4 is 5.97 Å². The number of aliphatic hydroxyl groups is 1. The SMILES string of the molecule is CC(=O)OCc1ccc([C@H](N)CO)o1. The molecule has 0 radical (unpaired) electrons. The van der Waals surface area contributed by atoms with Crippen molar-refractivity contribution in [1.29, 1.82) is 0 Å². The van der Waals surface area contributed by atoms with E-state index in [1.807, 2.05) is 0 Å². The molecule has 0 aromatic carbocycles. The minimum atomic E-state index is -0.527. The first kappa shape index (κ1) is 10.7. The van der Waals surface area contributed by atoms with E-state index in [9.17, 15) is 4.79 Å². The van der Waals surface area contributed by atoms with E-state index in [1.54, 1.807) is 12.1 Å². The van der Waals surface area contributed by atoms with Crippen molar-refractivity contribution in [3.63, 3.8) is 0 Å². The van der Waals surface area contributed by atoms with E-state index < -0.39 is 6.04 Å². The van der Waals surface area contributed by atoms with Gasteiger partial charge in [0.15, 0.2) is 0 Å². The molecule has 0 aliphatic rings. The Kier molecular flexibility index (Phi) is 3.67. The van der Waals surface area contributed by atoms with Gasteiger partial charge in [-0.05, 0) is 12.1 Å². The van der Waals surface area contributed by atoms with Crippen LogP contribution in [0.25, 0.3) is 0 Å². The second-order valence-electron chi connectivity index (χ2n) is 2.87. The first-order valence-corrected chi connectivity index (χ1v) is 4.22. The maximum atomic E-state index is 10.5. The van der Waals surface area contributed by atoms with Gasteiger partial charge in [0, 0.05) is 6.92 Å². The van der Waals surface area contributed by atoms with Gasteiger partial charge in [-0.2, -0.15) is 0 Å². The molecule has 78 valence electrons. The van der Waals surface area contributed by atoms with Crippen molar-refractivity contribution in [3.05, 3.63) is 23.7 Å². The van der Waals surface area contributed by atoms with E-state index in [1.165, 1.54) is 6.92 Å². The van der Waals surface area contributed by atoms with Crippen molar-refractivity contribution in [1.82, 2.24) is 0 Å². The fraction of sp³-hybridized carbons (Fsp3) is 0.444. The highest BCUT2D eigenvalue weighted by atomic mass is 16.5. The molecular formula is C9H13NO4. The third-order valence-corrected chi connectivity index (χ3v) is 1.66. The Labute approximate surface area is 81.5 Å². The largest absolute Gasteiger partial charge is 0.461 e. The van der Waals surface area contributed by atoms with Gasteiger partial charge in [-0.1, -0.05) is 0 Å². The van der Waals surface area contributed by atoms with Crippen molar-refractivity contribution in [2.45, 2.75) is 19.6 Å². The van der Waals surface area contributed by atoms with Crippen molar-refractivity contribution in [2.24, 2.45) is 5.73 Å². The van der Waals surface area contributed by atoms with Gasteiger partial charge in [0.1, 0.15) is 18.1 Å². The highest BCUT2D eigenvalue weighted by molar-refractivity contribution is 5.65. The Balaban J connectivity index is 2.54. The molecule has 1 heterocycles. The van der Waals surface area contributed by atoms with Crippen LogP contribution in [0.2, 0.25) is 0 Å². The van der Waals surface area contributed by atoms with Crippen LogP contribution in [0.4, 0.5) is 0 Å². The molecule has 1 atom stereocenters. The topological polar surface area (TPSA) is 85.7 Å². The number of ether oxygens (including phenoxy) is 1. The number of hydrogen-bond donors (Lipinski definition) is 2. The average molecular weight is 199 g/mol. The van der Waals surface area contributed by atoms with Crippen LogP contribution in [0.1, 0.15) is 24.5 Å². The number of hydrogen-bond acceptors (Lipinski definition) is 5. The van der Waals surface area contributed by atoms with Crippen LogP contribution < -0.4 is 5.73 Å². The summed E-state index contributed by atoms with van der Waals surface area (Å²) >= 11 is 0. The lowest BCUT2D eigenvalue weighted by atomic mass is 10.2. The monoisotopic (exact) mass is 199 g/mol. The highest BCUT2D eigenvalue weighted by Gasteiger charge is 2.10. The highest BCUT2D eigenvalue weighted by Crippen LogP contribution is 2.14. The zero-order valence-corrected chi connectivity index (χ0v) is 7.90. The number of esters is 1. The van der Waals surface area contributed by atoms with E-state index in [0.717, 1.165) is 0 Å². The molecule has 14 heavy (non-hydrogen) atoms. The smallest absolute Gasteiger partial charge is 0.303 e. The van der Waals surface area contributed by atoms with E-state index >= 15 is 0 Å². The Morgan fingerprint density at radius 1 is 1.71 bits per heavy atom. The minimum Gasteiger partial charge on any atom is -0.461 e. The molecule has 1 aromatic rings. The molecule has 0 saturated heterocycles. The lowest BCUT2D eigenvalue weighted by Crippen LogP contribution is -2.13. The van der Waals surface area contributed by atoms with Crippen LogP contribution in [0.5, 0.6) is 0 Å². The summed E-state index contributed by atoms with van der Waals surface area (Å²) < 4.78 is 9.94. The third kappa shape index (κ3) is 2.86. The zero-order chi connectivity index (χ0) is 10.6. The number of furan rings is 1. The van der Waals surface area contributed by atoms with E-state index in [0.29, 0.717) is 11.5 Å². The van der Waals surface area contributed by atoms with Crippen LogP contribution in [-0.4, -0.2) is 17.7 Å². The summed E-state index contributed by atoms with van der Waals surface area (Å²) in [5.74, 6) is 0.628. The second kappa shape index (κ2) is 4.78.